The van der Waals surface area contributed by atoms with Crippen molar-refractivity contribution < 1.29 is 9.13 Å². The SMILES string of the molecule is CCC1(C)COC(c2ccc(F)cc2Br)CN1. The van der Waals surface area contributed by atoms with Crippen molar-refractivity contribution in [2.45, 2.75) is 31.9 Å². The lowest BCUT2D eigenvalue weighted by molar-refractivity contribution is -0.0302. The number of hydrogen-bond donors (Lipinski definition) is 1. The van der Waals surface area contributed by atoms with Crippen LogP contribution in [0, 0.1) is 5.82 Å². The van der Waals surface area contributed by atoms with Crippen LogP contribution < -0.4 is 5.32 Å². The van der Waals surface area contributed by atoms with Crippen LogP contribution in [0.3, 0.4) is 0 Å². The van der Waals surface area contributed by atoms with Crippen molar-refractivity contribution in [1.29, 1.82) is 0 Å². The first-order chi connectivity index (χ1) is 8.04. The van der Waals surface area contributed by atoms with E-state index in [1.807, 2.05) is 0 Å². The fraction of sp³-hybridized carbons (Fsp3) is 0.538. The van der Waals surface area contributed by atoms with Gasteiger partial charge in [-0.05, 0) is 31.0 Å². The lowest BCUT2D eigenvalue weighted by atomic mass is 9.96. The summed E-state index contributed by atoms with van der Waals surface area (Å²) in [6.45, 7) is 5.74. The van der Waals surface area contributed by atoms with Crippen LogP contribution in [0.1, 0.15) is 31.9 Å². The quantitative estimate of drug-likeness (QED) is 0.904. The molecule has 1 heterocycles. The largest absolute Gasteiger partial charge is 0.370 e. The van der Waals surface area contributed by atoms with Gasteiger partial charge in [-0.15, -0.1) is 0 Å². The van der Waals surface area contributed by atoms with E-state index in [0.29, 0.717) is 6.61 Å². The van der Waals surface area contributed by atoms with Gasteiger partial charge in [0.25, 0.3) is 0 Å². The molecule has 0 amide bonds. The summed E-state index contributed by atoms with van der Waals surface area (Å²) in [5.74, 6) is -0.234. The molecule has 2 unspecified atom stereocenters. The molecule has 2 nitrogen and oxygen atoms in total. The topological polar surface area (TPSA) is 21.3 Å². The molecule has 0 aromatic heterocycles. The van der Waals surface area contributed by atoms with Gasteiger partial charge in [0.2, 0.25) is 0 Å². The highest BCUT2D eigenvalue weighted by Gasteiger charge is 2.30. The maximum atomic E-state index is 13.0. The first-order valence-electron chi connectivity index (χ1n) is 5.86. The van der Waals surface area contributed by atoms with Gasteiger partial charge in [0.05, 0.1) is 12.7 Å². The third-order valence-electron chi connectivity index (χ3n) is 3.41. The average Bonchev–Trinajstić information content (AvgIpc) is 2.31. The molecule has 2 atom stereocenters. The number of morpholine rings is 1. The smallest absolute Gasteiger partial charge is 0.124 e. The second-order valence-electron chi connectivity index (χ2n) is 4.76. The minimum absolute atomic E-state index is 0.00963. The lowest BCUT2D eigenvalue weighted by Gasteiger charge is -2.38. The molecule has 1 aliphatic heterocycles. The van der Waals surface area contributed by atoms with E-state index in [1.54, 1.807) is 6.07 Å². The van der Waals surface area contributed by atoms with E-state index < -0.39 is 0 Å². The third-order valence-corrected chi connectivity index (χ3v) is 4.09. The number of benzene rings is 1. The minimum Gasteiger partial charge on any atom is -0.370 e. The van der Waals surface area contributed by atoms with Crippen LogP contribution in [-0.2, 0) is 4.74 Å². The molecule has 4 heteroatoms. The number of ether oxygens (including phenoxy) is 1. The van der Waals surface area contributed by atoms with Crippen molar-refractivity contribution in [2.24, 2.45) is 0 Å². The van der Waals surface area contributed by atoms with Crippen molar-refractivity contribution in [3.63, 3.8) is 0 Å². The van der Waals surface area contributed by atoms with Crippen molar-refractivity contribution >= 4 is 15.9 Å². The first-order valence-corrected chi connectivity index (χ1v) is 6.65. The van der Waals surface area contributed by atoms with E-state index in [9.17, 15) is 4.39 Å². The molecule has 2 rings (SSSR count). The zero-order valence-corrected chi connectivity index (χ0v) is 11.7. The number of rotatable bonds is 2. The molecular formula is C13H17BrFNO. The molecule has 1 aromatic carbocycles. The van der Waals surface area contributed by atoms with E-state index in [4.69, 9.17) is 4.74 Å². The Morgan fingerprint density at radius 3 is 2.88 bits per heavy atom. The van der Waals surface area contributed by atoms with Crippen LogP contribution in [0.15, 0.2) is 22.7 Å². The number of halogens is 2. The van der Waals surface area contributed by atoms with Crippen molar-refractivity contribution in [3.8, 4) is 0 Å². The van der Waals surface area contributed by atoms with Crippen LogP contribution >= 0.6 is 15.9 Å². The Morgan fingerprint density at radius 2 is 2.35 bits per heavy atom. The predicted molar refractivity (Wildman–Crippen MR) is 69.5 cm³/mol. The summed E-state index contributed by atoms with van der Waals surface area (Å²) in [6, 6.07) is 4.73. The Balaban J connectivity index is 2.10. The second-order valence-corrected chi connectivity index (χ2v) is 5.61. The molecule has 94 valence electrons. The van der Waals surface area contributed by atoms with Crippen LogP contribution in [0.4, 0.5) is 4.39 Å². The molecule has 0 bridgehead atoms. The highest BCUT2D eigenvalue weighted by atomic mass is 79.9. The summed E-state index contributed by atoms with van der Waals surface area (Å²) in [4.78, 5) is 0. The zero-order chi connectivity index (χ0) is 12.5. The second kappa shape index (κ2) is 5.04. The number of nitrogens with one attached hydrogen (secondary N) is 1. The van der Waals surface area contributed by atoms with Gasteiger partial charge in [-0.25, -0.2) is 4.39 Å². The van der Waals surface area contributed by atoms with Crippen LogP contribution in [-0.4, -0.2) is 18.7 Å². The standard InChI is InChI=1S/C13H17BrFNO/c1-3-13(2)8-17-12(7-16-13)10-5-4-9(15)6-11(10)14/h4-6,12,16H,3,7-8H2,1-2H3. The molecule has 0 radical (unpaired) electrons. The van der Waals surface area contributed by atoms with Gasteiger partial charge in [0.1, 0.15) is 5.82 Å². The summed E-state index contributed by atoms with van der Waals surface area (Å²) in [5.41, 5.74) is 1.06. The molecule has 0 saturated carbocycles. The Kier molecular flexibility index (Phi) is 3.85. The highest BCUT2D eigenvalue weighted by Crippen LogP contribution is 2.30. The third kappa shape index (κ3) is 2.87. The van der Waals surface area contributed by atoms with E-state index >= 15 is 0 Å². The Hall–Kier alpha value is -0.450. The summed E-state index contributed by atoms with van der Waals surface area (Å²) < 4.78 is 19.7. The molecular weight excluding hydrogens is 285 g/mol. The lowest BCUT2D eigenvalue weighted by Crippen LogP contribution is -2.52. The van der Waals surface area contributed by atoms with Gasteiger partial charge in [-0.2, -0.15) is 0 Å². The van der Waals surface area contributed by atoms with Gasteiger partial charge < -0.3 is 10.1 Å². The summed E-state index contributed by atoms with van der Waals surface area (Å²) >= 11 is 3.38. The molecule has 17 heavy (non-hydrogen) atoms. The van der Waals surface area contributed by atoms with Gasteiger partial charge in [-0.1, -0.05) is 28.9 Å². The number of hydrogen-bond acceptors (Lipinski definition) is 2. The van der Waals surface area contributed by atoms with Crippen LogP contribution in [0.5, 0.6) is 0 Å². The molecule has 1 aliphatic rings. The van der Waals surface area contributed by atoms with Crippen LogP contribution in [0.2, 0.25) is 0 Å². The van der Waals surface area contributed by atoms with E-state index in [0.717, 1.165) is 23.0 Å². The Morgan fingerprint density at radius 1 is 1.59 bits per heavy atom. The zero-order valence-electron chi connectivity index (χ0n) is 10.1. The first kappa shape index (κ1) is 13.0. The van der Waals surface area contributed by atoms with Gasteiger partial charge in [0, 0.05) is 16.6 Å². The van der Waals surface area contributed by atoms with Gasteiger partial charge >= 0.3 is 0 Å². The summed E-state index contributed by atoms with van der Waals surface area (Å²) in [5, 5.41) is 3.50. The summed E-state index contributed by atoms with van der Waals surface area (Å²) in [6.07, 6.45) is 1.02. The van der Waals surface area contributed by atoms with Crippen molar-refractivity contribution in [3.05, 3.63) is 34.1 Å². The predicted octanol–water partition coefficient (Wildman–Crippen LogP) is 3.42. The van der Waals surface area contributed by atoms with Crippen molar-refractivity contribution in [1.82, 2.24) is 5.32 Å². The highest BCUT2D eigenvalue weighted by molar-refractivity contribution is 9.10. The minimum atomic E-state index is -0.234. The van der Waals surface area contributed by atoms with Gasteiger partial charge in [-0.3, -0.25) is 0 Å². The van der Waals surface area contributed by atoms with Gasteiger partial charge in [0.15, 0.2) is 0 Å². The van der Waals surface area contributed by atoms with Crippen LogP contribution in [0.25, 0.3) is 0 Å². The maximum absolute atomic E-state index is 13.0. The molecule has 1 saturated heterocycles. The molecule has 1 fully saturated rings. The monoisotopic (exact) mass is 301 g/mol. The molecule has 0 spiro atoms. The average molecular weight is 302 g/mol. The maximum Gasteiger partial charge on any atom is 0.124 e. The fourth-order valence-electron chi connectivity index (χ4n) is 1.92. The molecule has 0 aliphatic carbocycles. The van der Waals surface area contributed by atoms with E-state index in [1.165, 1.54) is 12.1 Å². The van der Waals surface area contributed by atoms with E-state index in [-0.39, 0.29) is 17.5 Å². The normalized spacial score (nSPS) is 29.3. The Bertz CT molecular complexity index is 402. The summed E-state index contributed by atoms with van der Waals surface area (Å²) in [7, 11) is 0. The Labute approximate surface area is 110 Å². The fourth-order valence-corrected chi connectivity index (χ4v) is 2.53. The molecule has 1 N–H and O–H groups in total. The van der Waals surface area contributed by atoms with Crippen molar-refractivity contribution in [2.75, 3.05) is 13.2 Å². The molecule has 1 aromatic rings. The van der Waals surface area contributed by atoms with E-state index in [2.05, 4.69) is 35.1 Å².